The summed E-state index contributed by atoms with van der Waals surface area (Å²) in [5, 5.41) is 3.59. The molecule has 17 heavy (non-hydrogen) atoms. The Morgan fingerprint density at radius 2 is 1.94 bits per heavy atom. The van der Waals surface area contributed by atoms with Gasteiger partial charge in [-0.05, 0) is 44.1 Å². The maximum Gasteiger partial charge on any atom is 0.0170 e. The quantitative estimate of drug-likeness (QED) is 0.704. The fourth-order valence-corrected chi connectivity index (χ4v) is 3.71. The van der Waals surface area contributed by atoms with Crippen LogP contribution in [0.1, 0.15) is 65.2 Å². The Balaban J connectivity index is 2.21. The molecule has 0 saturated carbocycles. The molecule has 2 aliphatic rings. The van der Waals surface area contributed by atoms with E-state index in [9.17, 15) is 0 Å². The molecule has 1 N–H and O–H groups in total. The predicted octanol–water partition coefficient (Wildman–Crippen LogP) is 4.29. The first-order valence-corrected chi connectivity index (χ1v) is 7.75. The van der Waals surface area contributed by atoms with Crippen molar-refractivity contribution in [1.82, 2.24) is 5.32 Å². The highest BCUT2D eigenvalue weighted by atomic mass is 14.9. The molecule has 1 heterocycles. The Kier molecular flexibility index (Phi) is 5.09. The van der Waals surface area contributed by atoms with Gasteiger partial charge in [-0.1, -0.05) is 50.7 Å². The molecule has 0 aromatic carbocycles. The number of hydrogen-bond acceptors (Lipinski definition) is 1. The monoisotopic (exact) mass is 235 g/mol. The SMILES string of the molecule is CCCC1CCCCCC(C)C2=C1CCNC2. The summed E-state index contributed by atoms with van der Waals surface area (Å²) in [6.45, 7) is 7.19. The zero-order chi connectivity index (χ0) is 12.1. The van der Waals surface area contributed by atoms with Crippen LogP contribution in [0.25, 0.3) is 0 Å². The summed E-state index contributed by atoms with van der Waals surface area (Å²) in [5.41, 5.74) is 3.65. The van der Waals surface area contributed by atoms with Crippen molar-refractivity contribution in [1.29, 1.82) is 0 Å². The molecule has 0 fully saturated rings. The Morgan fingerprint density at radius 3 is 2.76 bits per heavy atom. The predicted molar refractivity (Wildman–Crippen MR) is 75.2 cm³/mol. The van der Waals surface area contributed by atoms with Crippen molar-refractivity contribution in [2.75, 3.05) is 13.1 Å². The molecule has 0 amide bonds. The van der Waals surface area contributed by atoms with Gasteiger partial charge in [-0.15, -0.1) is 0 Å². The summed E-state index contributed by atoms with van der Waals surface area (Å²) in [7, 11) is 0. The van der Waals surface area contributed by atoms with E-state index in [-0.39, 0.29) is 0 Å². The first kappa shape index (κ1) is 13.1. The van der Waals surface area contributed by atoms with Crippen molar-refractivity contribution < 1.29 is 0 Å². The molecule has 0 radical (unpaired) electrons. The topological polar surface area (TPSA) is 12.0 Å². The highest BCUT2D eigenvalue weighted by Gasteiger charge is 2.24. The van der Waals surface area contributed by atoms with Crippen LogP contribution in [0, 0.1) is 11.8 Å². The van der Waals surface area contributed by atoms with Crippen molar-refractivity contribution in [3.05, 3.63) is 11.1 Å². The Morgan fingerprint density at radius 1 is 1.12 bits per heavy atom. The lowest BCUT2D eigenvalue weighted by molar-refractivity contribution is 0.454. The Hall–Kier alpha value is -0.300. The molecule has 2 unspecified atom stereocenters. The Labute approximate surface area is 107 Å². The lowest BCUT2D eigenvalue weighted by Gasteiger charge is -2.30. The lowest BCUT2D eigenvalue weighted by atomic mass is 9.80. The van der Waals surface area contributed by atoms with Gasteiger partial charge in [0.05, 0.1) is 0 Å². The number of rotatable bonds is 2. The molecule has 0 aromatic heterocycles. The molecule has 98 valence electrons. The van der Waals surface area contributed by atoms with Gasteiger partial charge in [0.15, 0.2) is 0 Å². The van der Waals surface area contributed by atoms with Gasteiger partial charge < -0.3 is 5.32 Å². The molecule has 1 aliphatic carbocycles. The largest absolute Gasteiger partial charge is 0.313 e. The third kappa shape index (κ3) is 3.34. The summed E-state index contributed by atoms with van der Waals surface area (Å²) in [6, 6.07) is 0. The van der Waals surface area contributed by atoms with Gasteiger partial charge in [-0.2, -0.15) is 0 Å². The summed E-state index contributed by atoms with van der Waals surface area (Å²) in [4.78, 5) is 0. The van der Waals surface area contributed by atoms with Gasteiger partial charge in [0.2, 0.25) is 0 Å². The van der Waals surface area contributed by atoms with Crippen LogP contribution in [0.15, 0.2) is 11.1 Å². The van der Waals surface area contributed by atoms with Gasteiger partial charge in [-0.25, -0.2) is 0 Å². The van der Waals surface area contributed by atoms with Crippen LogP contribution in [-0.4, -0.2) is 13.1 Å². The molecule has 2 atom stereocenters. The van der Waals surface area contributed by atoms with Crippen LogP contribution in [0.3, 0.4) is 0 Å². The molecule has 0 saturated heterocycles. The average Bonchev–Trinajstić information content (AvgIpc) is 2.43. The third-order valence-electron chi connectivity index (χ3n) is 4.71. The highest BCUT2D eigenvalue weighted by Crippen LogP contribution is 2.35. The minimum absolute atomic E-state index is 0.829. The summed E-state index contributed by atoms with van der Waals surface area (Å²) < 4.78 is 0. The molecule has 1 nitrogen and oxygen atoms in total. The van der Waals surface area contributed by atoms with E-state index in [4.69, 9.17) is 0 Å². The van der Waals surface area contributed by atoms with Crippen LogP contribution in [0.5, 0.6) is 0 Å². The second-order valence-electron chi connectivity index (χ2n) is 6.00. The van der Waals surface area contributed by atoms with E-state index >= 15 is 0 Å². The van der Waals surface area contributed by atoms with E-state index in [0.717, 1.165) is 11.8 Å². The molecule has 1 aliphatic heterocycles. The fraction of sp³-hybridized carbons (Fsp3) is 0.875. The smallest absolute Gasteiger partial charge is 0.0170 e. The van der Waals surface area contributed by atoms with E-state index in [2.05, 4.69) is 19.2 Å². The minimum Gasteiger partial charge on any atom is -0.313 e. The molecule has 1 heteroatoms. The maximum absolute atomic E-state index is 3.59. The van der Waals surface area contributed by atoms with Gasteiger partial charge >= 0.3 is 0 Å². The number of hydrogen-bond donors (Lipinski definition) is 1. The van der Waals surface area contributed by atoms with E-state index < -0.39 is 0 Å². The summed E-state index contributed by atoms with van der Waals surface area (Å²) in [5.74, 6) is 1.74. The minimum atomic E-state index is 0.829. The molecule has 2 rings (SSSR count). The van der Waals surface area contributed by atoms with E-state index in [1.807, 2.05) is 5.57 Å². The van der Waals surface area contributed by atoms with Crippen LogP contribution in [-0.2, 0) is 0 Å². The van der Waals surface area contributed by atoms with E-state index in [1.54, 1.807) is 5.57 Å². The van der Waals surface area contributed by atoms with Crippen molar-refractivity contribution in [2.24, 2.45) is 11.8 Å². The molecule has 0 aromatic rings. The lowest BCUT2D eigenvalue weighted by Crippen LogP contribution is -2.30. The highest BCUT2D eigenvalue weighted by molar-refractivity contribution is 5.24. The van der Waals surface area contributed by atoms with E-state index in [0.29, 0.717) is 0 Å². The van der Waals surface area contributed by atoms with Crippen molar-refractivity contribution >= 4 is 0 Å². The summed E-state index contributed by atoms with van der Waals surface area (Å²) in [6.07, 6.45) is 11.3. The third-order valence-corrected chi connectivity index (χ3v) is 4.71. The summed E-state index contributed by atoms with van der Waals surface area (Å²) >= 11 is 0. The molecule has 0 bridgehead atoms. The standard InChI is InChI=1S/C16H29N/c1-3-7-14-9-6-4-5-8-13(2)16-12-17-11-10-15(14)16/h13-14,17H,3-12H2,1-2H3. The average molecular weight is 235 g/mol. The maximum atomic E-state index is 3.59. The van der Waals surface area contributed by atoms with Gasteiger partial charge in [-0.3, -0.25) is 0 Å². The van der Waals surface area contributed by atoms with Crippen LogP contribution in [0.2, 0.25) is 0 Å². The van der Waals surface area contributed by atoms with Crippen LogP contribution in [0.4, 0.5) is 0 Å². The van der Waals surface area contributed by atoms with Gasteiger partial charge in [0.25, 0.3) is 0 Å². The zero-order valence-corrected chi connectivity index (χ0v) is 11.7. The molecular formula is C16H29N. The normalized spacial score (nSPS) is 31.4. The van der Waals surface area contributed by atoms with Crippen LogP contribution < -0.4 is 5.32 Å². The molecular weight excluding hydrogens is 206 g/mol. The zero-order valence-electron chi connectivity index (χ0n) is 11.7. The van der Waals surface area contributed by atoms with Gasteiger partial charge in [0.1, 0.15) is 0 Å². The van der Waals surface area contributed by atoms with Crippen molar-refractivity contribution in [2.45, 2.75) is 65.2 Å². The second-order valence-corrected chi connectivity index (χ2v) is 6.00. The van der Waals surface area contributed by atoms with E-state index in [1.165, 1.54) is 64.5 Å². The fourth-order valence-electron chi connectivity index (χ4n) is 3.71. The second kappa shape index (κ2) is 6.58. The first-order valence-electron chi connectivity index (χ1n) is 7.75. The number of nitrogens with one attached hydrogen (secondary N) is 1. The van der Waals surface area contributed by atoms with Gasteiger partial charge in [0, 0.05) is 6.54 Å². The van der Waals surface area contributed by atoms with Crippen LogP contribution >= 0.6 is 0 Å². The first-order chi connectivity index (χ1) is 8.33. The Bertz CT molecular complexity index is 267. The molecule has 0 spiro atoms. The van der Waals surface area contributed by atoms with Crippen molar-refractivity contribution in [3.8, 4) is 0 Å². The van der Waals surface area contributed by atoms with Crippen molar-refractivity contribution in [3.63, 3.8) is 0 Å².